The largest absolute Gasteiger partial charge is 0.370 e. The first kappa shape index (κ1) is 15.8. The summed E-state index contributed by atoms with van der Waals surface area (Å²) < 4.78 is 32.3. The number of ether oxygens (including phenoxy) is 1. The Hall–Kier alpha value is -2.05. The number of carbonyl (C=O) groups is 1. The number of nitrogens with zero attached hydrogens (tertiary/aromatic N) is 2. The smallest absolute Gasteiger partial charge is 0.275 e. The van der Waals surface area contributed by atoms with Crippen LogP contribution in [0.2, 0.25) is 5.02 Å². The Morgan fingerprint density at radius 1 is 1.35 bits per heavy atom. The van der Waals surface area contributed by atoms with Crippen molar-refractivity contribution in [2.45, 2.75) is 6.10 Å². The molecule has 0 aliphatic carbocycles. The van der Waals surface area contributed by atoms with Gasteiger partial charge in [0.2, 0.25) is 0 Å². The Morgan fingerprint density at radius 2 is 2.17 bits per heavy atom. The van der Waals surface area contributed by atoms with E-state index in [1.165, 1.54) is 4.90 Å². The molecule has 1 amide bonds. The lowest BCUT2D eigenvalue weighted by Crippen LogP contribution is -2.42. The van der Waals surface area contributed by atoms with Gasteiger partial charge >= 0.3 is 0 Å². The highest BCUT2D eigenvalue weighted by Gasteiger charge is 2.28. The van der Waals surface area contributed by atoms with E-state index < -0.39 is 23.2 Å². The minimum absolute atomic E-state index is 0.248. The Labute approximate surface area is 136 Å². The molecule has 2 aromatic rings. The van der Waals surface area contributed by atoms with Crippen LogP contribution in [0.25, 0.3) is 0 Å². The van der Waals surface area contributed by atoms with Crippen LogP contribution in [0.5, 0.6) is 0 Å². The maximum absolute atomic E-state index is 13.7. The van der Waals surface area contributed by atoms with Crippen molar-refractivity contribution in [1.82, 2.24) is 9.88 Å². The minimum Gasteiger partial charge on any atom is -0.370 e. The fraction of sp³-hybridized carbons (Fsp3) is 0.250. The van der Waals surface area contributed by atoms with Gasteiger partial charge in [0.1, 0.15) is 11.9 Å². The van der Waals surface area contributed by atoms with E-state index in [1.807, 2.05) is 6.07 Å². The molecule has 0 unspecified atom stereocenters. The number of benzene rings is 1. The molecule has 0 bridgehead atoms. The summed E-state index contributed by atoms with van der Waals surface area (Å²) in [6, 6.07) is 7.80. The molecule has 1 aromatic carbocycles. The molecule has 0 spiro atoms. The average molecular weight is 339 g/mol. The van der Waals surface area contributed by atoms with Crippen LogP contribution in [0, 0.1) is 11.6 Å². The lowest BCUT2D eigenvalue weighted by atomic mass is 10.1. The summed E-state index contributed by atoms with van der Waals surface area (Å²) in [5.41, 5.74) is 0.445. The van der Waals surface area contributed by atoms with Crippen molar-refractivity contribution in [3.63, 3.8) is 0 Å². The van der Waals surface area contributed by atoms with Crippen molar-refractivity contribution in [2.75, 3.05) is 19.7 Å². The van der Waals surface area contributed by atoms with E-state index in [0.29, 0.717) is 24.2 Å². The second kappa shape index (κ2) is 6.60. The van der Waals surface area contributed by atoms with Crippen molar-refractivity contribution in [2.24, 2.45) is 0 Å². The number of pyridine rings is 1. The van der Waals surface area contributed by atoms with Gasteiger partial charge in [0.25, 0.3) is 5.91 Å². The zero-order valence-electron chi connectivity index (χ0n) is 12.0. The summed E-state index contributed by atoms with van der Waals surface area (Å²) in [5.74, 6) is -2.38. The number of morpholine rings is 1. The van der Waals surface area contributed by atoms with E-state index in [-0.39, 0.29) is 12.6 Å². The van der Waals surface area contributed by atoms with E-state index in [0.717, 1.165) is 11.8 Å². The molecule has 1 fully saturated rings. The van der Waals surface area contributed by atoms with Gasteiger partial charge in [-0.2, -0.15) is 0 Å². The minimum atomic E-state index is -0.971. The van der Waals surface area contributed by atoms with Gasteiger partial charge < -0.3 is 9.64 Å². The lowest BCUT2D eigenvalue weighted by Gasteiger charge is -2.33. The summed E-state index contributed by atoms with van der Waals surface area (Å²) >= 11 is 5.96. The molecule has 0 N–H and O–H groups in total. The zero-order valence-corrected chi connectivity index (χ0v) is 12.8. The van der Waals surface area contributed by atoms with Gasteiger partial charge in [-0.15, -0.1) is 0 Å². The third kappa shape index (κ3) is 3.48. The maximum atomic E-state index is 13.7. The first-order valence-electron chi connectivity index (χ1n) is 7.02. The molecular weight excluding hydrogens is 326 g/mol. The van der Waals surface area contributed by atoms with Crippen molar-refractivity contribution >= 4 is 17.5 Å². The molecule has 1 aliphatic rings. The van der Waals surface area contributed by atoms with Gasteiger partial charge in [-0.3, -0.25) is 4.79 Å². The van der Waals surface area contributed by atoms with E-state index in [4.69, 9.17) is 16.3 Å². The highest BCUT2D eigenvalue weighted by atomic mass is 35.5. The molecule has 2 heterocycles. The third-order valence-corrected chi connectivity index (χ3v) is 3.82. The normalized spacial score (nSPS) is 18.0. The topological polar surface area (TPSA) is 42.4 Å². The second-order valence-electron chi connectivity index (χ2n) is 5.15. The monoisotopic (exact) mass is 338 g/mol. The molecule has 1 saturated heterocycles. The third-order valence-electron chi connectivity index (χ3n) is 3.58. The van der Waals surface area contributed by atoms with E-state index in [1.54, 1.807) is 18.2 Å². The van der Waals surface area contributed by atoms with Crippen LogP contribution >= 0.6 is 11.6 Å². The second-order valence-corrected chi connectivity index (χ2v) is 5.59. The number of hydrogen-bond acceptors (Lipinski definition) is 3. The SMILES string of the molecule is O=C(c1ncc(F)cc1F)N1CCO[C@H](c2cccc(Cl)c2)C1. The maximum Gasteiger partial charge on any atom is 0.275 e. The standard InChI is InChI=1S/C16H13ClF2N2O2/c17-11-3-1-2-10(6-11)14-9-21(4-5-23-14)16(22)15-13(19)7-12(18)8-20-15/h1-3,6-8,14H,4-5,9H2/t14-/m0/s1. The zero-order chi connectivity index (χ0) is 16.4. The Morgan fingerprint density at radius 3 is 2.91 bits per heavy atom. The van der Waals surface area contributed by atoms with Gasteiger partial charge in [-0.1, -0.05) is 23.7 Å². The first-order valence-corrected chi connectivity index (χ1v) is 7.40. The van der Waals surface area contributed by atoms with E-state index >= 15 is 0 Å². The molecule has 1 atom stereocenters. The molecule has 4 nitrogen and oxygen atoms in total. The fourth-order valence-electron chi connectivity index (χ4n) is 2.46. The predicted molar refractivity (Wildman–Crippen MR) is 80.2 cm³/mol. The Balaban J connectivity index is 1.79. The van der Waals surface area contributed by atoms with Gasteiger partial charge in [-0.05, 0) is 17.7 Å². The Bertz CT molecular complexity index is 742. The number of rotatable bonds is 2. The molecule has 0 saturated carbocycles. The molecule has 23 heavy (non-hydrogen) atoms. The first-order chi connectivity index (χ1) is 11.0. The highest BCUT2D eigenvalue weighted by molar-refractivity contribution is 6.30. The molecule has 1 aliphatic heterocycles. The molecule has 7 heteroatoms. The number of hydrogen-bond donors (Lipinski definition) is 0. The average Bonchev–Trinajstić information content (AvgIpc) is 2.54. The van der Waals surface area contributed by atoms with Crippen LogP contribution in [-0.4, -0.2) is 35.5 Å². The van der Waals surface area contributed by atoms with Gasteiger partial charge in [0.15, 0.2) is 11.5 Å². The summed E-state index contributed by atoms with van der Waals surface area (Å²) in [7, 11) is 0. The van der Waals surface area contributed by atoms with Crippen molar-refractivity contribution in [3.8, 4) is 0 Å². The molecule has 3 rings (SSSR count). The molecule has 0 radical (unpaired) electrons. The van der Waals surface area contributed by atoms with Gasteiger partial charge in [0.05, 0.1) is 19.3 Å². The number of amides is 1. The van der Waals surface area contributed by atoms with E-state index in [9.17, 15) is 13.6 Å². The van der Waals surface area contributed by atoms with Crippen LogP contribution in [-0.2, 0) is 4.74 Å². The van der Waals surface area contributed by atoms with Crippen LogP contribution in [0.15, 0.2) is 36.5 Å². The fourth-order valence-corrected chi connectivity index (χ4v) is 2.66. The van der Waals surface area contributed by atoms with Gasteiger partial charge in [0, 0.05) is 17.6 Å². The highest BCUT2D eigenvalue weighted by Crippen LogP contribution is 2.25. The molecule has 1 aromatic heterocycles. The molecular formula is C16H13ClF2N2O2. The van der Waals surface area contributed by atoms with Crippen molar-refractivity contribution < 1.29 is 18.3 Å². The van der Waals surface area contributed by atoms with Crippen LogP contribution in [0.3, 0.4) is 0 Å². The van der Waals surface area contributed by atoms with Crippen LogP contribution in [0.1, 0.15) is 22.2 Å². The van der Waals surface area contributed by atoms with Crippen molar-refractivity contribution in [3.05, 3.63) is 64.4 Å². The summed E-state index contributed by atoms with van der Waals surface area (Å²) in [6.07, 6.45) is 0.473. The Kier molecular flexibility index (Phi) is 4.54. The number of carbonyl (C=O) groups excluding carboxylic acids is 1. The quantitative estimate of drug-likeness (QED) is 0.844. The summed E-state index contributed by atoms with van der Waals surface area (Å²) in [4.78, 5) is 17.4. The lowest BCUT2D eigenvalue weighted by molar-refractivity contribution is -0.0231. The van der Waals surface area contributed by atoms with Crippen LogP contribution in [0.4, 0.5) is 8.78 Å². The van der Waals surface area contributed by atoms with Crippen molar-refractivity contribution in [1.29, 1.82) is 0 Å². The summed E-state index contributed by atoms with van der Waals surface area (Å²) in [5, 5.41) is 0.570. The molecule has 120 valence electrons. The van der Waals surface area contributed by atoms with Crippen LogP contribution < -0.4 is 0 Å². The number of halogens is 3. The predicted octanol–water partition coefficient (Wildman–Crippen LogP) is 3.23. The summed E-state index contributed by atoms with van der Waals surface area (Å²) in [6.45, 7) is 0.873. The number of aromatic nitrogens is 1. The van der Waals surface area contributed by atoms with E-state index in [2.05, 4.69) is 4.98 Å². The van der Waals surface area contributed by atoms with Gasteiger partial charge in [-0.25, -0.2) is 13.8 Å².